The highest BCUT2D eigenvalue weighted by Crippen LogP contribution is 2.36. The van der Waals surface area contributed by atoms with Crippen molar-refractivity contribution in [3.8, 4) is 5.75 Å². The molecule has 1 saturated heterocycles. The third-order valence-electron chi connectivity index (χ3n) is 4.22. The molecule has 1 aliphatic heterocycles. The van der Waals surface area contributed by atoms with Crippen LogP contribution in [0.25, 0.3) is 10.8 Å². The van der Waals surface area contributed by atoms with Crippen molar-refractivity contribution in [2.24, 2.45) is 0 Å². The molecule has 1 fully saturated rings. The third-order valence-corrected chi connectivity index (χ3v) is 4.22. The molecule has 120 valence electrons. The van der Waals surface area contributed by atoms with Gasteiger partial charge in [-0.2, -0.15) is 0 Å². The summed E-state index contributed by atoms with van der Waals surface area (Å²) in [6.45, 7) is 3.14. The SMILES string of the molecule is COc1ccc2ccccc2c1[C@@H](CF)N1CCNCC1.Cl. The topological polar surface area (TPSA) is 24.5 Å². The number of benzene rings is 2. The summed E-state index contributed by atoms with van der Waals surface area (Å²) >= 11 is 0. The first kappa shape index (κ1) is 17.0. The summed E-state index contributed by atoms with van der Waals surface area (Å²) in [4.78, 5) is 2.21. The predicted molar refractivity (Wildman–Crippen MR) is 90.9 cm³/mol. The van der Waals surface area contributed by atoms with E-state index in [1.807, 2.05) is 24.3 Å². The molecular weight excluding hydrogens is 303 g/mol. The second-order valence-electron chi connectivity index (χ2n) is 5.36. The number of nitrogens with one attached hydrogen (secondary N) is 1. The lowest BCUT2D eigenvalue weighted by atomic mass is 9.96. The standard InChI is InChI=1S/C17H21FN2O.ClH/c1-21-16-7-6-13-4-2-3-5-14(13)17(16)15(12-18)20-10-8-19-9-11-20;/h2-7,15,19H,8-12H2,1H3;1H/t15-;/m1./s1. The quantitative estimate of drug-likeness (QED) is 0.935. The summed E-state index contributed by atoms with van der Waals surface area (Å²) in [5.74, 6) is 0.773. The molecule has 0 aliphatic carbocycles. The van der Waals surface area contributed by atoms with Crippen molar-refractivity contribution in [2.75, 3.05) is 40.0 Å². The highest BCUT2D eigenvalue weighted by molar-refractivity contribution is 5.88. The molecular formula is C17H22ClFN2O. The number of rotatable bonds is 4. The Morgan fingerprint density at radius 2 is 1.91 bits per heavy atom. The second-order valence-corrected chi connectivity index (χ2v) is 5.36. The van der Waals surface area contributed by atoms with Gasteiger partial charge in [0.05, 0.1) is 13.2 Å². The Morgan fingerprint density at radius 3 is 2.59 bits per heavy atom. The summed E-state index contributed by atoms with van der Waals surface area (Å²) in [5.41, 5.74) is 0.972. The molecule has 0 bridgehead atoms. The average molecular weight is 325 g/mol. The molecule has 1 N–H and O–H groups in total. The van der Waals surface area contributed by atoms with Crippen LogP contribution < -0.4 is 10.1 Å². The van der Waals surface area contributed by atoms with Crippen LogP contribution in [0, 0.1) is 0 Å². The van der Waals surface area contributed by atoms with Gasteiger partial charge in [-0.3, -0.25) is 4.90 Å². The normalized spacial score (nSPS) is 17.0. The molecule has 0 spiro atoms. The fraction of sp³-hybridized carbons (Fsp3) is 0.412. The zero-order valence-electron chi connectivity index (χ0n) is 12.7. The van der Waals surface area contributed by atoms with E-state index in [-0.39, 0.29) is 18.4 Å². The molecule has 1 atom stereocenters. The van der Waals surface area contributed by atoms with Crippen LogP contribution in [-0.4, -0.2) is 44.9 Å². The monoisotopic (exact) mass is 324 g/mol. The Hall–Kier alpha value is -1.36. The van der Waals surface area contributed by atoms with Gasteiger partial charge in [-0.25, -0.2) is 4.39 Å². The van der Waals surface area contributed by atoms with Gasteiger partial charge in [-0.15, -0.1) is 12.4 Å². The maximum atomic E-state index is 13.9. The highest BCUT2D eigenvalue weighted by atomic mass is 35.5. The van der Waals surface area contributed by atoms with Gasteiger partial charge in [0.15, 0.2) is 0 Å². The van der Waals surface area contributed by atoms with Gasteiger partial charge in [0.2, 0.25) is 0 Å². The Morgan fingerprint density at radius 1 is 1.18 bits per heavy atom. The van der Waals surface area contributed by atoms with Gasteiger partial charge in [0, 0.05) is 31.7 Å². The van der Waals surface area contributed by atoms with E-state index < -0.39 is 6.67 Å². The Kier molecular flexibility index (Phi) is 6.00. The minimum atomic E-state index is -0.398. The molecule has 22 heavy (non-hydrogen) atoms. The van der Waals surface area contributed by atoms with Gasteiger partial charge in [0.25, 0.3) is 0 Å². The van der Waals surface area contributed by atoms with E-state index in [4.69, 9.17) is 4.74 Å². The molecule has 2 aromatic rings. The van der Waals surface area contributed by atoms with Crippen LogP contribution in [0.15, 0.2) is 36.4 Å². The lowest BCUT2D eigenvalue weighted by Gasteiger charge is -2.34. The van der Waals surface area contributed by atoms with Crippen LogP contribution in [-0.2, 0) is 0 Å². The first-order chi connectivity index (χ1) is 10.3. The van der Waals surface area contributed by atoms with Crippen LogP contribution in [0.1, 0.15) is 11.6 Å². The minimum absolute atomic E-state index is 0. The van der Waals surface area contributed by atoms with Crippen LogP contribution in [0.3, 0.4) is 0 Å². The zero-order valence-corrected chi connectivity index (χ0v) is 13.5. The summed E-state index contributed by atoms with van der Waals surface area (Å²) in [6, 6.07) is 11.9. The van der Waals surface area contributed by atoms with Crippen LogP contribution >= 0.6 is 12.4 Å². The van der Waals surface area contributed by atoms with Crippen molar-refractivity contribution >= 4 is 23.2 Å². The lowest BCUT2D eigenvalue weighted by Crippen LogP contribution is -2.45. The maximum Gasteiger partial charge on any atom is 0.124 e. The highest BCUT2D eigenvalue weighted by Gasteiger charge is 2.26. The molecule has 3 nitrogen and oxygen atoms in total. The largest absolute Gasteiger partial charge is 0.496 e. The van der Waals surface area contributed by atoms with E-state index in [1.165, 1.54) is 0 Å². The van der Waals surface area contributed by atoms with Gasteiger partial charge >= 0.3 is 0 Å². The minimum Gasteiger partial charge on any atom is -0.496 e. The van der Waals surface area contributed by atoms with E-state index in [2.05, 4.69) is 22.3 Å². The average Bonchev–Trinajstić information content (AvgIpc) is 2.56. The molecule has 0 unspecified atom stereocenters. The maximum absolute atomic E-state index is 13.9. The van der Waals surface area contributed by atoms with E-state index in [0.717, 1.165) is 48.3 Å². The molecule has 0 radical (unpaired) electrons. The molecule has 2 aromatic carbocycles. The van der Waals surface area contributed by atoms with Crippen LogP contribution in [0.5, 0.6) is 5.75 Å². The number of halogens is 2. The number of piperazine rings is 1. The number of nitrogens with zero attached hydrogens (tertiary/aromatic N) is 1. The Balaban J connectivity index is 0.00000176. The van der Waals surface area contributed by atoms with Crippen molar-refractivity contribution in [1.29, 1.82) is 0 Å². The van der Waals surface area contributed by atoms with Crippen molar-refractivity contribution in [2.45, 2.75) is 6.04 Å². The van der Waals surface area contributed by atoms with Crippen LogP contribution in [0.4, 0.5) is 4.39 Å². The van der Waals surface area contributed by atoms with Gasteiger partial charge in [0.1, 0.15) is 12.4 Å². The van der Waals surface area contributed by atoms with Gasteiger partial charge in [-0.05, 0) is 16.8 Å². The first-order valence-corrected chi connectivity index (χ1v) is 7.41. The van der Waals surface area contributed by atoms with Gasteiger partial charge in [-0.1, -0.05) is 30.3 Å². The summed E-state index contributed by atoms with van der Waals surface area (Å²) in [7, 11) is 1.65. The number of hydrogen-bond acceptors (Lipinski definition) is 3. The molecule has 0 saturated carbocycles. The molecule has 5 heteroatoms. The number of alkyl halides is 1. The van der Waals surface area contributed by atoms with Crippen molar-refractivity contribution in [3.05, 3.63) is 42.0 Å². The Bertz CT molecular complexity index is 617. The van der Waals surface area contributed by atoms with E-state index in [0.29, 0.717) is 0 Å². The number of hydrogen-bond donors (Lipinski definition) is 1. The fourth-order valence-corrected chi connectivity index (χ4v) is 3.15. The number of ether oxygens (including phenoxy) is 1. The molecule has 3 rings (SSSR count). The van der Waals surface area contributed by atoms with Crippen molar-refractivity contribution in [1.82, 2.24) is 10.2 Å². The van der Waals surface area contributed by atoms with Gasteiger partial charge < -0.3 is 10.1 Å². The number of methoxy groups -OCH3 is 1. The number of fused-ring (bicyclic) bond motifs is 1. The fourth-order valence-electron chi connectivity index (χ4n) is 3.15. The van der Waals surface area contributed by atoms with E-state index in [9.17, 15) is 4.39 Å². The molecule has 0 aromatic heterocycles. The zero-order chi connectivity index (χ0) is 14.7. The summed E-state index contributed by atoms with van der Waals surface area (Å²) in [5, 5.41) is 5.52. The van der Waals surface area contributed by atoms with Crippen molar-refractivity contribution in [3.63, 3.8) is 0 Å². The Labute approximate surface area is 136 Å². The lowest BCUT2D eigenvalue weighted by molar-refractivity contribution is 0.146. The van der Waals surface area contributed by atoms with Crippen molar-refractivity contribution < 1.29 is 9.13 Å². The second kappa shape index (κ2) is 7.77. The van der Waals surface area contributed by atoms with Crippen LogP contribution in [0.2, 0.25) is 0 Å². The first-order valence-electron chi connectivity index (χ1n) is 7.41. The van der Waals surface area contributed by atoms with E-state index >= 15 is 0 Å². The summed E-state index contributed by atoms with van der Waals surface area (Å²) < 4.78 is 19.4. The third kappa shape index (κ3) is 3.19. The smallest absolute Gasteiger partial charge is 0.124 e. The molecule has 0 amide bonds. The molecule has 1 heterocycles. The van der Waals surface area contributed by atoms with E-state index in [1.54, 1.807) is 7.11 Å². The summed E-state index contributed by atoms with van der Waals surface area (Å²) in [6.07, 6.45) is 0. The molecule has 1 aliphatic rings. The predicted octanol–water partition coefficient (Wildman–Crippen LogP) is 3.19.